The third kappa shape index (κ3) is 7.69. The number of halogens is 1. The zero-order chi connectivity index (χ0) is 13.2. The molecule has 0 spiro atoms. The molecule has 1 N–H and O–H groups in total. The highest BCUT2D eigenvalue weighted by molar-refractivity contribution is 9.10. The first kappa shape index (κ1) is 15.5. The van der Waals surface area contributed by atoms with Crippen LogP contribution in [0.3, 0.4) is 0 Å². The largest absolute Gasteiger partial charge is 0.491 e. The van der Waals surface area contributed by atoms with E-state index in [1.807, 2.05) is 24.3 Å². The molecule has 0 aromatic heterocycles. The Bertz CT molecular complexity index is 314. The van der Waals surface area contributed by atoms with Crippen LogP contribution in [0, 0.1) is 0 Å². The van der Waals surface area contributed by atoms with Gasteiger partial charge in [0.2, 0.25) is 0 Å². The van der Waals surface area contributed by atoms with E-state index < -0.39 is 0 Å². The van der Waals surface area contributed by atoms with Crippen molar-refractivity contribution >= 4 is 15.9 Å². The van der Waals surface area contributed by atoms with Crippen LogP contribution in [0.2, 0.25) is 0 Å². The molecule has 3 nitrogen and oxygen atoms in total. The number of benzene rings is 1. The number of rotatable bonds is 9. The van der Waals surface area contributed by atoms with Gasteiger partial charge in [0.25, 0.3) is 0 Å². The SMILES string of the molecule is CC(C)NCCCOCCOc1ccc(Br)cc1. The van der Waals surface area contributed by atoms with Crippen LogP contribution in [0.25, 0.3) is 0 Å². The summed E-state index contributed by atoms with van der Waals surface area (Å²) in [6, 6.07) is 8.36. The molecule has 102 valence electrons. The van der Waals surface area contributed by atoms with Crippen molar-refractivity contribution in [1.29, 1.82) is 0 Å². The first-order valence-electron chi connectivity index (χ1n) is 6.38. The van der Waals surface area contributed by atoms with Gasteiger partial charge in [-0.1, -0.05) is 29.8 Å². The Hall–Kier alpha value is -0.580. The summed E-state index contributed by atoms with van der Waals surface area (Å²) >= 11 is 3.39. The van der Waals surface area contributed by atoms with Gasteiger partial charge in [-0.25, -0.2) is 0 Å². The highest BCUT2D eigenvalue weighted by Gasteiger charge is 1.95. The lowest BCUT2D eigenvalue weighted by molar-refractivity contribution is 0.0981. The third-order valence-corrected chi connectivity index (χ3v) is 2.86. The van der Waals surface area contributed by atoms with E-state index in [9.17, 15) is 0 Å². The zero-order valence-corrected chi connectivity index (χ0v) is 12.7. The van der Waals surface area contributed by atoms with Crippen LogP contribution in [0.5, 0.6) is 5.75 Å². The highest BCUT2D eigenvalue weighted by atomic mass is 79.9. The number of ether oxygens (including phenoxy) is 2. The molecule has 18 heavy (non-hydrogen) atoms. The number of hydrogen-bond acceptors (Lipinski definition) is 3. The summed E-state index contributed by atoms with van der Waals surface area (Å²) in [5.74, 6) is 0.878. The molecule has 0 saturated carbocycles. The lowest BCUT2D eigenvalue weighted by Crippen LogP contribution is -2.24. The summed E-state index contributed by atoms with van der Waals surface area (Å²) in [4.78, 5) is 0. The Balaban J connectivity index is 1.94. The molecule has 4 heteroatoms. The molecule has 1 aromatic carbocycles. The molecule has 0 aliphatic rings. The van der Waals surface area contributed by atoms with Gasteiger partial charge in [-0.2, -0.15) is 0 Å². The Morgan fingerprint density at radius 1 is 1.11 bits per heavy atom. The lowest BCUT2D eigenvalue weighted by Gasteiger charge is -2.09. The predicted octanol–water partition coefficient (Wildman–Crippen LogP) is 3.23. The molecule has 1 rings (SSSR count). The van der Waals surface area contributed by atoms with Gasteiger partial charge in [0, 0.05) is 17.1 Å². The van der Waals surface area contributed by atoms with E-state index >= 15 is 0 Å². The van der Waals surface area contributed by atoms with Crippen LogP contribution in [0.15, 0.2) is 28.7 Å². The maximum Gasteiger partial charge on any atom is 0.119 e. The average molecular weight is 316 g/mol. The normalized spacial score (nSPS) is 10.9. The van der Waals surface area contributed by atoms with E-state index in [4.69, 9.17) is 9.47 Å². The van der Waals surface area contributed by atoms with E-state index in [0.29, 0.717) is 19.3 Å². The van der Waals surface area contributed by atoms with Gasteiger partial charge >= 0.3 is 0 Å². The molecule has 0 fully saturated rings. The van der Waals surface area contributed by atoms with Crippen LogP contribution in [-0.2, 0) is 4.74 Å². The van der Waals surface area contributed by atoms with Crippen molar-refractivity contribution in [3.8, 4) is 5.75 Å². The van der Waals surface area contributed by atoms with E-state index in [1.54, 1.807) is 0 Å². The smallest absolute Gasteiger partial charge is 0.119 e. The molecule has 0 amide bonds. The minimum absolute atomic E-state index is 0.547. The van der Waals surface area contributed by atoms with Crippen molar-refractivity contribution in [2.45, 2.75) is 26.3 Å². The average Bonchev–Trinajstić information content (AvgIpc) is 2.34. The Labute approximate surface area is 118 Å². The first-order valence-corrected chi connectivity index (χ1v) is 7.17. The van der Waals surface area contributed by atoms with Crippen molar-refractivity contribution in [3.05, 3.63) is 28.7 Å². The fourth-order valence-corrected chi connectivity index (χ4v) is 1.68. The summed E-state index contributed by atoms with van der Waals surface area (Å²) in [5, 5.41) is 3.35. The van der Waals surface area contributed by atoms with E-state index in [-0.39, 0.29) is 0 Å². The minimum atomic E-state index is 0.547. The Morgan fingerprint density at radius 2 is 1.83 bits per heavy atom. The molecule has 0 unspecified atom stereocenters. The minimum Gasteiger partial charge on any atom is -0.491 e. The van der Waals surface area contributed by atoms with Crippen molar-refractivity contribution < 1.29 is 9.47 Å². The van der Waals surface area contributed by atoms with Crippen LogP contribution >= 0.6 is 15.9 Å². The first-order chi connectivity index (χ1) is 8.68. The fraction of sp³-hybridized carbons (Fsp3) is 0.571. The molecule has 0 aliphatic heterocycles. The summed E-state index contributed by atoms with van der Waals surface area (Å²) in [6.45, 7) is 7.31. The van der Waals surface area contributed by atoms with Gasteiger partial charge in [-0.15, -0.1) is 0 Å². The van der Waals surface area contributed by atoms with Crippen molar-refractivity contribution in [2.24, 2.45) is 0 Å². The van der Waals surface area contributed by atoms with Gasteiger partial charge in [0.1, 0.15) is 12.4 Å². The maximum absolute atomic E-state index is 5.54. The molecule has 0 atom stereocenters. The van der Waals surface area contributed by atoms with Crippen molar-refractivity contribution in [1.82, 2.24) is 5.32 Å². The van der Waals surface area contributed by atoms with E-state index in [2.05, 4.69) is 35.1 Å². The third-order valence-electron chi connectivity index (χ3n) is 2.33. The molecule has 0 saturated heterocycles. The van der Waals surface area contributed by atoms with Crippen LogP contribution in [0.1, 0.15) is 20.3 Å². The van der Waals surface area contributed by atoms with E-state index in [1.165, 1.54) is 0 Å². The Kier molecular flexibility index (Phi) is 8.05. The Morgan fingerprint density at radius 3 is 2.50 bits per heavy atom. The summed E-state index contributed by atoms with van der Waals surface area (Å²) < 4.78 is 12.1. The van der Waals surface area contributed by atoms with Crippen molar-refractivity contribution in [2.75, 3.05) is 26.4 Å². The van der Waals surface area contributed by atoms with Crippen LogP contribution in [-0.4, -0.2) is 32.4 Å². The molecular formula is C14H22BrNO2. The summed E-state index contributed by atoms with van der Waals surface area (Å²) in [6.07, 6.45) is 1.04. The number of hydrogen-bond donors (Lipinski definition) is 1. The summed E-state index contributed by atoms with van der Waals surface area (Å²) in [7, 11) is 0. The number of nitrogens with one attached hydrogen (secondary N) is 1. The standard InChI is InChI=1S/C14H22BrNO2/c1-12(2)16-8-3-9-17-10-11-18-14-6-4-13(15)5-7-14/h4-7,12,16H,3,8-11H2,1-2H3. The molecule has 0 aliphatic carbocycles. The second-order valence-electron chi connectivity index (χ2n) is 4.38. The highest BCUT2D eigenvalue weighted by Crippen LogP contribution is 2.15. The predicted molar refractivity (Wildman–Crippen MR) is 78.2 cm³/mol. The van der Waals surface area contributed by atoms with Crippen LogP contribution < -0.4 is 10.1 Å². The van der Waals surface area contributed by atoms with Crippen molar-refractivity contribution in [3.63, 3.8) is 0 Å². The summed E-state index contributed by atoms with van der Waals surface area (Å²) in [5.41, 5.74) is 0. The maximum atomic E-state index is 5.54. The second kappa shape index (κ2) is 9.36. The topological polar surface area (TPSA) is 30.5 Å². The van der Waals surface area contributed by atoms with Gasteiger partial charge in [0.05, 0.1) is 6.61 Å². The zero-order valence-electron chi connectivity index (χ0n) is 11.1. The van der Waals surface area contributed by atoms with Gasteiger partial charge in [0.15, 0.2) is 0 Å². The molecular weight excluding hydrogens is 294 g/mol. The van der Waals surface area contributed by atoms with Gasteiger partial charge < -0.3 is 14.8 Å². The molecule has 1 aromatic rings. The van der Waals surface area contributed by atoms with Gasteiger partial charge in [-0.05, 0) is 37.2 Å². The fourth-order valence-electron chi connectivity index (χ4n) is 1.42. The van der Waals surface area contributed by atoms with Crippen LogP contribution in [0.4, 0.5) is 0 Å². The quantitative estimate of drug-likeness (QED) is 0.710. The van der Waals surface area contributed by atoms with Gasteiger partial charge in [-0.3, -0.25) is 0 Å². The molecule has 0 bridgehead atoms. The monoisotopic (exact) mass is 315 g/mol. The molecule has 0 heterocycles. The molecule has 0 radical (unpaired) electrons. The van der Waals surface area contributed by atoms with E-state index in [0.717, 1.165) is 29.8 Å². The lowest BCUT2D eigenvalue weighted by atomic mass is 10.3. The second-order valence-corrected chi connectivity index (χ2v) is 5.29.